The van der Waals surface area contributed by atoms with E-state index in [9.17, 15) is 0 Å². The predicted molar refractivity (Wildman–Crippen MR) is 72.6 cm³/mol. The number of aryl methyl sites for hydroxylation is 2. The summed E-state index contributed by atoms with van der Waals surface area (Å²) in [5.41, 5.74) is 7.62. The molecule has 0 aliphatic carbocycles. The maximum Gasteiger partial charge on any atom is 0.227 e. The van der Waals surface area contributed by atoms with Gasteiger partial charge in [0.15, 0.2) is 0 Å². The number of anilines is 1. The van der Waals surface area contributed by atoms with Crippen LogP contribution in [0.15, 0.2) is 28.8 Å². The van der Waals surface area contributed by atoms with E-state index in [0.717, 1.165) is 24.9 Å². The van der Waals surface area contributed by atoms with Crippen LogP contribution in [-0.2, 0) is 17.6 Å². The Morgan fingerprint density at radius 1 is 1.26 bits per heavy atom. The summed E-state index contributed by atoms with van der Waals surface area (Å²) in [6, 6.07) is 7.81. The highest BCUT2D eigenvalue weighted by molar-refractivity contribution is 5.39. The second-order valence-electron chi connectivity index (χ2n) is 4.42. The van der Waals surface area contributed by atoms with E-state index in [0.29, 0.717) is 11.7 Å². The fourth-order valence-corrected chi connectivity index (χ4v) is 1.89. The summed E-state index contributed by atoms with van der Waals surface area (Å²) < 4.78 is 10.5. The molecule has 1 heterocycles. The smallest absolute Gasteiger partial charge is 0.227 e. The number of benzene rings is 1. The number of ether oxygens (including phenoxy) is 1. The SMILES string of the molecule is CCC(OC)c1noc(CCc2ccc(N)cc2)n1. The minimum Gasteiger partial charge on any atom is -0.399 e. The molecule has 2 rings (SSSR count). The summed E-state index contributed by atoms with van der Waals surface area (Å²) >= 11 is 0. The van der Waals surface area contributed by atoms with Crippen LogP contribution in [0.1, 0.15) is 36.7 Å². The molecular weight excluding hydrogens is 242 g/mol. The number of nitrogens with two attached hydrogens (primary N) is 1. The number of hydrogen-bond donors (Lipinski definition) is 1. The largest absolute Gasteiger partial charge is 0.399 e. The van der Waals surface area contributed by atoms with E-state index in [1.54, 1.807) is 7.11 Å². The number of aromatic nitrogens is 2. The number of hydrogen-bond acceptors (Lipinski definition) is 5. The van der Waals surface area contributed by atoms with Gasteiger partial charge in [-0.2, -0.15) is 4.98 Å². The second-order valence-corrected chi connectivity index (χ2v) is 4.42. The number of nitrogens with zero attached hydrogens (tertiary/aromatic N) is 2. The van der Waals surface area contributed by atoms with E-state index < -0.39 is 0 Å². The van der Waals surface area contributed by atoms with Crippen molar-refractivity contribution in [1.29, 1.82) is 0 Å². The van der Waals surface area contributed by atoms with Crippen molar-refractivity contribution in [2.45, 2.75) is 32.3 Å². The van der Waals surface area contributed by atoms with Crippen molar-refractivity contribution in [3.63, 3.8) is 0 Å². The highest BCUT2D eigenvalue weighted by atomic mass is 16.5. The van der Waals surface area contributed by atoms with Crippen molar-refractivity contribution in [2.24, 2.45) is 0 Å². The maximum absolute atomic E-state index is 5.65. The van der Waals surface area contributed by atoms with Gasteiger partial charge in [0.25, 0.3) is 0 Å². The maximum atomic E-state index is 5.65. The Kier molecular flexibility index (Phi) is 4.52. The van der Waals surface area contributed by atoms with Gasteiger partial charge in [0.05, 0.1) is 0 Å². The first kappa shape index (κ1) is 13.5. The molecule has 0 saturated heterocycles. The molecule has 1 atom stereocenters. The van der Waals surface area contributed by atoms with Gasteiger partial charge in [0, 0.05) is 19.2 Å². The van der Waals surface area contributed by atoms with E-state index in [4.69, 9.17) is 15.0 Å². The molecule has 1 aromatic heterocycles. The predicted octanol–water partition coefficient (Wildman–Crippen LogP) is 2.53. The Morgan fingerprint density at radius 3 is 2.63 bits per heavy atom. The molecule has 102 valence electrons. The zero-order valence-corrected chi connectivity index (χ0v) is 11.3. The Bertz CT molecular complexity index is 504. The van der Waals surface area contributed by atoms with Gasteiger partial charge in [-0.25, -0.2) is 0 Å². The van der Waals surface area contributed by atoms with Crippen molar-refractivity contribution >= 4 is 5.69 Å². The number of rotatable bonds is 6. The van der Waals surface area contributed by atoms with Crippen LogP contribution in [0.2, 0.25) is 0 Å². The Morgan fingerprint density at radius 2 is 2.00 bits per heavy atom. The molecule has 1 aromatic carbocycles. The first-order valence-electron chi connectivity index (χ1n) is 6.42. The van der Waals surface area contributed by atoms with Gasteiger partial charge in [0.2, 0.25) is 11.7 Å². The zero-order valence-electron chi connectivity index (χ0n) is 11.3. The average Bonchev–Trinajstić information content (AvgIpc) is 2.88. The molecular formula is C14H19N3O2. The third kappa shape index (κ3) is 3.54. The Labute approximate surface area is 112 Å². The van der Waals surface area contributed by atoms with Crippen LogP contribution < -0.4 is 5.73 Å². The first-order valence-corrected chi connectivity index (χ1v) is 6.42. The van der Waals surface area contributed by atoms with Crippen LogP contribution in [0.5, 0.6) is 0 Å². The van der Waals surface area contributed by atoms with Gasteiger partial charge < -0.3 is 15.0 Å². The summed E-state index contributed by atoms with van der Waals surface area (Å²) in [6.07, 6.45) is 2.31. The Balaban J connectivity index is 1.95. The molecule has 0 amide bonds. The fraction of sp³-hybridized carbons (Fsp3) is 0.429. The van der Waals surface area contributed by atoms with Crippen LogP contribution in [0.25, 0.3) is 0 Å². The molecule has 19 heavy (non-hydrogen) atoms. The molecule has 0 spiro atoms. The molecule has 0 aliphatic heterocycles. The highest BCUT2D eigenvalue weighted by Gasteiger charge is 2.15. The lowest BCUT2D eigenvalue weighted by atomic mass is 10.1. The third-order valence-electron chi connectivity index (χ3n) is 3.03. The standard InChI is InChI=1S/C14H19N3O2/c1-3-12(18-2)14-16-13(19-17-14)9-6-10-4-7-11(15)8-5-10/h4-5,7-8,12H,3,6,9,15H2,1-2H3. The molecule has 5 nitrogen and oxygen atoms in total. The van der Waals surface area contributed by atoms with Crippen molar-refractivity contribution in [3.05, 3.63) is 41.5 Å². The van der Waals surface area contributed by atoms with Gasteiger partial charge >= 0.3 is 0 Å². The summed E-state index contributed by atoms with van der Waals surface area (Å²) in [7, 11) is 1.65. The fourth-order valence-electron chi connectivity index (χ4n) is 1.89. The number of methoxy groups -OCH3 is 1. The van der Waals surface area contributed by atoms with Crippen molar-refractivity contribution in [3.8, 4) is 0 Å². The monoisotopic (exact) mass is 261 g/mol. The molecule has 0 bridgehead atoms. The van der Waals surface area contributed by atoms with Gasteiger partial charge in [0.1, 0.15) is 6.10 Å². The van der Waals surface area contributed by atoms with Gasteiger partial charge in [-0.3, -0.25) is 0 Å². The van der Waals surface area contributed by atoms with Crippen LogP contribution in [0.4, 0.5) is 5.69 Å². The summed E-state index contributed by atoms with van der Waals surface area (Å²) in [4.78, 5) is 4.36. The first-order chi connectivity index (χ1) is 9.22. The lowest BCUT2D eigenvalue weighted by Crippen LogP contribution is -2.02. The minimum atomic E-state index is -0.0889. The molecule has 1 unspecified atom stereocenters. The summed E-state index contributed by atoms with van der Waals surface area (Å²) in [6.45, 7) is 2.03. The normalized spacial score (nSPS) is 12.5. The quantitative estimate of drug-likeness (QED) is 0.809. The minimum absolute atomic E-state index is 0.0889. The van der Waals surface area contributed by atoms with Gasteiger partial charge in [-0.15, -0.1) is 0 Å². The third-order valence-corrected chi connectivity index (χ3v) is 3.03. The van der Waals surface area contributed by atoms with Crippen LogP contribution in [-0.4, -0.2) is 17.3 Å². The van der Waals surface area contributed by atoms with E-state index in [-0.39, 0.29) is 6.10 Å². The van der Waals surface area contributed by atoms with E-state index in [2.05, 4.69) is 10.1 Å². The molecule has 2 N–H and O–H groups in total. The van der Waals surface area contributed by atoms with Crippen molar-refractivity contribution in [2.75, 3.05) is 12.8 Å². The van der Waals surface area contributed by atoms with Crippen LogP contribution in [0.3, 0.4) is 0 Å². The molecule has 0 fully saturated rings. The van der Waals surface area contributed by atoms with E-state index in [1.807, 2.05) is 31.2 Å². The Hall–Kier alpha value is -1.88. The van der Waals surface area contributed by atoms with Crippen molar-refractivity contribution in [1.82, 2.24) is 10.1 Å². The van der Waals surface area contributed by atoms with Gasteiger partial charge in [-0.1, -0.05) is 24.2 Å². The van der Waals surface area contributed by atoms with Crippen LogP contribution in [0, 0.1) is 0 Å². The topological polar surface area (TPSA) is 74.2 Å². The molecule has 5 heteroatoms. The average molecular weight is 261 g/mol. The zero-order chi connectivity index (χ0) is 13.7. The van der Waals surface area contributed by atoms with Gasteiger partial charge in [-0.05, 0) is 30.5 Å². The summed E-state index contributed by atoms with van der Waals surface area (Å²) in [5, 5.41) is 3.95. The van der Waals surface area contributed by atoms with E-state index in [1.165, 1.54) is 5.56 Å². The lowest BCUT2D eigenvalue weighted by Gasteiger charge is -2.06. The number of nitrogen functional groups attached to an aromatic ring is 1. The molecule has 0 saturated carbocycles. The van der Waals surface area contributed by atoms with Crippen LogP contribution >= 0.6 is 0 Å². The van der Waals surface area contributed by atoms with E-state index >= 15 is 0 Å². The lowest BCUT2D eigenvalue weighted by molar-refractivity contribution is 0.0903. The molecule has 0 aliphatic rings. The molecule has 0 radical (unpaired) electrons. The summed E-state index contributed by atoms with van der Waals surface area (Å²) in [5.74, 6) is 1.26. The molecule has 2 aromatic rings. The van der Waals surface area contributed by atoms with Crippen molar-refractivity contribution < 1.29 is 9.26 Å². The highest BCUT2D eigenvalue weighted by Crippen LogP contribution is 2.17. The second kappa shape index (κ2) is 6.33.